The third-order valence-electron chi connectivity index (χ3n) is 3.71. The van der Waals surface area contributed by atoms with Crippen LogP contribution in [-0.4, -0.2) is 30.6 Å². The highest BCUT2D eigenvalue weighted by atomic mass is 16.2. The molecule has 2 aromatic rings. The molecule has 3 heterocycles. The zero-order chi connectivity index (χ0) is 15.7. The van der Waals surface area contributed by atoms with Crippen molar-refractivity contribution in [1.29, 1.82) is 0 Å². The van der Waals surface area contributed by atoms with Crippen molar-refractivity contribution in [3.05, 3.63) is 41.2 Å². The fourth-order valence-electron chi connectivity index (χ4n) is 2.63. The van der Waals surface area contributed by atoms with E-state index >= 15 is 0 Å². The Bertz CT molecular complexity index is 692. The number of hydrogen-bond donors (Lipinski definition) is 0. The van der Waals surface area contributed by atoms with E-state index in [1.165, 1.54) is 0 Å². The maximum absolute atomic E-state index is 12.4. The van der Waals surface area contributed by atoms with Crippen LogP contribution in [0.4, 0.5) is 0 Å². The molecule has 0 unspecified atom stereocenters. The van der Waals surface area contributed by atoms with Crippen LogP contribution in [0.25, 0.3) is 0 Å². The number of aromatic nitrogens is 4. The van der Waals surface area contributed by atoms with Crippen LogP contribution < -0.4 is 0 Å². The Morgan fingerprint density at radius 1 is 1.32 bits per heavy atom. The summed E-state index contributed by atoms with van der Waals surface area (Å²) >= 11 is 0. The van der Waals surface area contributed by atoms with Gasteiger partial charge in [-0.1, -0.05) is 13.8 Å². The summed E-state index contributed by atoms with van der Waals surface area (Å²) in [5.74, 6) is 1.46. The Morgan fingerprint density at radius 3 is 2.82 bits per heavy atom. The summed E-state index contributed by atoms with van der Waals surface area (Å²) in [5.41, 5.74) is 3.09. The molecule has 3 rings (SSSR count). The van der Waals surface area contributed by atoms with E-state index in [1.54, 1.807) is 10.9 Å². The summed E-state index contributed by atoms with van der Waals surface area (Å²) in [6.07, 6.45) is 6.37. The van der Waals surface area contributed by atoms with Crippen LogP contribution in [0.15, 0.2) is 18.6 Å². The van der Waals surface area contributed by atoms with Crippen molar-refractivity contribution >= 4 is 5.91 Å². The van der Waals surface area contributed by atoms with Gasteiger partial charge in [-0.3, -0.25) is 9.48 Å². The summed E-state index contributed by atoms with van der Waals surface area (Å²) in [7, 11) is 0. The second-order valence-electron chi connectivity index (χ2n) is 6.32. The van der Waals surface area contributed by atoms with E-state index in [0.29, 0.717) is 19.0 Å². The fourth-order valence-corrected chi connectivity index (χ4v) is 2.63. The molecule has 0 saturated carbocycles. The largest absolute Gasteiger partial charge is 0.331 e. The molecule has 0 spiro atoms. The van der Waals surface area contributed by atoms with E-state index in [0.717, 1.165) is 29.1 Å². The maximum Gasteiger partial charge on any atom is 0.244 e. The van der Waals surface area contributed by atoms with Gasteiger partial charge in [0.1, 0.15) is 12.4 Å². The van der Waals surface area contributed by atoms with Crippen molar-refractivity contribution < 1.29 is 4.79 Å². The third-order valence-corrected chi connectivity index (χ3v) is 3.71. The normalized spacial score (nSPS) is 13.7. The quantitative estimate of drug-likeness (QED) is 0.862. The van der Waals surface area contributed by atoms with Crippen molar-refractivity contribution in [2.75, 3.05) is 0 Å². The Balaban J connectivity index is 1.67. The molecule has 22 heavy (non-hydrogen) atoms. The molecule has 0 radical (unpaired) electrons. The number of hydrogen-bond acceptors (Lipinski definition) is 4. The number of rotatable bonds is 4. The van der Waals surface area contributed by atoms with Gasteiger partial charge >= 0.3 is 0 Å². The van der Waals surface area contributed by atoms with Crippen molar-refractivity contribution in [3.8, 4) is 0 Å². The van der Waals surface area contributed by atoms with Gasteiger partial charge in [0.25, 0.3) is 0 Å². The number of amides is 1. The van der Waals surface area contributed by atoms with Gasteiger partial charge in [0, 0.05) is 30.9 Å². The lowest BCUT2D eigenvalue weighted by atomic mass is 10.1. The van der Waals surface area contributed by atoms with E-state index in [2.05, 4.69) is 28.9 Å². The summed E-state index contributed by atoms with van der Waals surface area (Å²) in [4.78, 5) is 23.2. The second-order valence-corrected chi connectivity index (χ2v) is 6.32. The lowest BCUT2D eigenvalue weighted by Gasteiger charge is -2.14. The Morgan fingerprint density at radius 2 is 2.14 bits per heavy atom. The monoisotopic (exact) mass is 299 g/mol. The molecule has 1 amide bonds. The molecular formula is C16H21N5O. The smallest absolute Gasteiger partial charge is 0.244 e. The van der Waals surface area contributed by atoms with Crippen LogP contribution in [0.5, 0.6) is 0 Å². The number of fused-ring (bicyclic) bond motifs is 1. The number of carbonyl (C=O) groups excluding carboxylic acids is 1. The predicted molar refractivity (Wildman–Crippen MR) is 81.8 cm³/mol. The van der Waals surface area contributed by atoms with E-state index < -0.39 is 0 Å². The lowest BCUT2D eigenvalue weighted by molar-refractivity contribution is -0.132. The van der Waals surface area contributed by atoms with Gasteiger partial charge in [0.2, 0.25) is 5.91 Å². The average Bonchev–Trinajstić information content (AvgIpc) is 3.03. The zero-order valence-corrected chi connectivity index (χ0v) is 13.3. The first-order chi connectivity index (χ1) is 10.5. The molecule has 0 atom stereocenters. The zero-order valence-electron chi connectivity index (χ0n) is 13.3. The minimum Gasteiger partial charge on any atom is -0.331 e. The van der Waals surface area contributed by atoms with Gasteiger partial charge in [0.15, 0.2) is 0 Å². The molecule has 116 valence electrons. The Hall–Kier alpha value is -2.24. The minimum atomic E-state index is 0.0616. The molecule has 1 aliphatic heterocycles. The highest BCUT2D eigenvalue weighted by Crippen LogP contribution is 2.21. The van der Waals surface area contributed by atoms with Crippen molar-refractivity contribution in [2.24, 2.45) is 5.92 Å². The van der Waals surface area contributed by atoms with Crippen LogP contribution in [0.3, 0.4) is 0 Å². The summed E-state index contributed by atoms with van der Waals surface area (Å²) in [6, 6.07) is 0. The molecular weight excluding hydrogens is 278 g/mol. The molecule has 0 fully saturated rings. The van der Waals surface area contributed by atoms with Gasteiger partial charge in [-0.05, 0) is 18.4 Å². The van der Waals surface area contributed by atoms with E-state index in [-0.39, 0.29) is 12.5 Å². The fraction of sp³-hybridized carbons (Fsp3) is 0.500. The lowest BCUT2D eigenvalue weighted by Crippen LogP contribution is -2.29. The van der Waals surface area contributed by atoms with Gasteiger partial charge in [0.05, 0.1) is 18.4 Å². The standard InChI is InChI=1S/C16H21N5O/c1-11(2)4-15-17-6-13-8-20(9-14(13)19-15)16(22)10-21-7-12(3)5-18-21/h5-7,11H,4,8-10H2,1-3H3. The van der Waals surface area contributed by atoms with Gasteiger partial charge in [-0.2, -0.15) is 5.10 Å². The molecule has 0 N–H and O–H groups in total. The Labute approximate surface area is 130 Å². The SMILES string of the molecule is Cc1cnn(CC(=O)N2Cc3cnc(CC(C)C)nc3C2)c1. The summed E-state index contributed by atoms with van der Waals surface area (Å²) in [5, 5.41) is 4.16. The minimum absolute atomic E-state index is 0.0616. The second kappa shape index (κ2) is 5.87. The molecule has 0 bridgehead atoms. The van der Waals surface area contributed by atoms with E-state index in [9.17, 15) is 4.79 Å². The first kappa shape index (κ1) is 14.7. The van der Waals surface area contributed by atoms with E-state index in [4.69, 9.17) is 0 Å². The maximum atomic E-state index is 12.4. The number of carbonyl (C=O) groups is 1. The number of aryl methyl sites for hydroxylation is 1. The Kier molecular flexibility index (Phi) is 3.92. The highest BCUT2D eigenvalue weighted by Gasteiger charge is 2.25. The van der Waals surface area contributed by atoms with Crippen molar-refractivity contribution in [2.45, 2.75) is 46.8 Å². The average molecular weight is 299 g/mol. The molecule has 0 aromatic carbocycles. The van der Waals surface area contributed by atoms with Crippen LogP contribution >= 0.6 is 0 Å². The summed E-state index contributed by atoms with van der Waals surface area (Å²) in [6.45, 7) is 7.70. The van der Waals surface area contributed by atoms with Crippen molar-refractivity contribution in [3.63, 3.8) is 0 Å². The van der Waals surface area contributed by atoms with Crippen LogP contribution in [0, 0.1) is 12.8 Å². The van der Waals surface area contributed by atoms with Crippen LogP contribution in [0.1, 0.15) is 36.5 Å². The molecule has 6 nitrogen and oxygen atoms in total. The molecule has 2 aromatic heterocycles. The van der Waals surface area contributed by atoms with Gasteiger partial charge in [-0.15, -0.1) is 0 Å². The van der Waals surface area contributed by atoms with E-state index in [1.807, 2.05) is 24.2 Å². The molecule has 0 aliphatic carbocycles. The first-order valence-electron chi connectivity index (χ1n) is 7.62. The van der Waals surface area contributed by atoms with Gasteiger partial charge < -0.3 is 4.90 Å². The topological polar surface area (TPSA) is 63.9 Å². The third kappa shape index (κ3) is 3.16. The number of nitrogens with zero attached hydrogens (tertiary/aromatic N) is 5. The first-order valence-corrected chi connectivity index (χ1v) is 7.62. The highest BCUT2D eigenvalue weighted by molar-refractivity contribution is 5.76. The summed E-state index contributed by atoms with van der Waals surface area (Å²) < 4.78 is 1.68. The molecule has 1 aliphatic rings. The van der Waals surface area contributed by atoms with Crippen LogP contribution in [0.2, 0.25) is 0 Å². The van der Waals surface area contributed by atoms with Crippen molar-refractivity contribution in [1.82, 2.24) is 24.6 Å². The predicted octanol–water partition coefficient (Wildman–Crippen LogP) is 1.72. The van der Waals surface area contributed by atoms with Crippen LogP contribution in [-0.2, 0) is 30.8 Å². The molecule has 0 saturated heterocycles. The van der Waals surface area contributed by atoms with Gasteiger partial charge in [-0.25, -0.2) is 9.97 Å². The molecule has 6 heteroatoms.